The van der Waals surface area contributed by atoms with Crippen molar-refractivity contribution in [3.63, 3.8) is 0 Å². The maximum absolute atomic E-state index is 11.3. The quantitative estimate of drug-likeness (QED) is 0.786. The normalized spacial score (nSPS) is 12.2. The van der Waals surface area contributed by atoms with Gasteiger partial charge in [0.15, 0.2) is 0 Å². The molecule has 112 valence electrons. The number of benzene rings is 1. The van der Waals surface area contributed by atoms with Crippen molar-refractivity contribution in [2.75, 3.05) is 7.11 Å². The smallest absolute Gasteiger partial charge is 0.304 e. The van der Waals surface area contributed by atoms with Crippen LogP contribution in [0.5, 0.6) is 5.75 Å². The van der Waals surface area contributed by atoms with Gasteiger partial charge in [-0.2, -0.15) is 0 Å². The monoisotopic (exact) mass is 296 g/mol. The largest absolute Gasteiger partial charge is 0.496 e. The third kappa shape index (κ3) is 2.53. The average molecular weight is 296 g/mol. The molecule has 0 saturated carbocycles. The minimum atomic E-state index is -0.859. The molecule has 0 radical (unpaired) electrons. The molecule has 0 bridgehead atoms. The van der Waals surface area contributed by atoms with Gasteiger partial charge in [-0.15, -0.1) is 0 Å². The second-order valence-electron chi connectivity index (χ2n) is 5.00. The van der Waals surface area contributed by atoms with Crippen molar-refractivity contribution in [1.82, 2.24) is 9.38 Å². The zero-order chi connectivity index (χ0) is 15.5. The van der Waals surface area contributed by atoms with Crippen LogP contribution in [-0.4, -0.2) is 27.6 Å². The van der Waals surface area contributed by atoms with Gasteiger partial charge in [0.1, 0.15) is 11.4 Å². The molecule has 1 atom stereocenters. The van der Waals surface area contributed by atoms with Crippen molar-refractivity contribution >= 4 is 11.6 Å². The summed E-state index contributed by atoms with van der Waals surface area (Å²) in [7, 11) is 1.59. The number of ether oxygens (including phenoxy) is 1. The van der Waals surface area contributed by atoms with E-state index in [-0.39, 0.29) is 12.3 Å². The first-order valence-corrected chi connectivity index (χ1v) is 6.97. The summed E-state index contributed by atoms with van der Waals surface area (Å²) in [5.41, 5.74) is 2.48. The van der Waals surface area contributed by atoms with Gasteiger partial charge in [0.25, 0.3) is 0 Å². The number of methoxy groups -OCH3 is 1. The Bertz CT molecular complexity index is 810. The molecule has 0 spiro atoms. The second kappa shape index (κ2) is 5.89. The molecule has 1 unspecified atom stereocenters. The summed E-state index contributed by atoms with van der Waals surface area (Å²) < 4.78 is 7.31. The van der Waals surface area contributed by atoms with E-state index in [4.69, 9.17) is 4.74 Å². The molecule has 3 aromatic rings. The number of aliphatic carboxylic acids is 1. The van der Waals surface area contributed by atoms with E-state index in [9.17, 15) is 9.90 Å². The predicted molar refractivity (Wildman–Crippen MR) is 82.3 cm³/mol. The SMILES string of the molecule is COc1ccccc1C(CC(=O)O)c1cnc2ccccn12. The van der Waals surface area contributed by atoms with Crippen molar-refractivity contribution in [2.45, 2.75) is 12.3 Å². The third-order valence-electron chi connectivity index (χ3n) is 3.70. The van der Waals surface area contributed by atoms with E-state index in [0.717, 1.165) is 16.9 Å². The molecule has 5 nitrogen and oxygen atoms in total. The first-order valence-electron chi connectivity index (χ1n) is 6.97. The first kappa shape index (κ1) is 14.1. The topological polar surface area (TPSA) is 63.8 Å². The van der Waals surface area contributed by atoms with Gasteiger partial charge in [-0.25, -0.2) is 4.98 Å². The number of hydrogen-bond acceptors (Lipinski definition) is 3. The Balaban J connectivity index is 2.16. The summed E-state index contributed by atoms with van der Waals surface area (Å²) in [5, 5.41) is 9.31. The highest BCUT2D eigenvalue weighted by molar-refractivity contribution is 5.69. The maximum atomic E-state index is 11.3. The van der Waals surface area contributed by atoms with Crippen LogP contribution in [0.15, 0.2) is 54.9 Å². The molecule has 2 heterocycles. The highest BCUT2D eigenvalue weighted by atomic mass is 16.5. The van der Waals surface area contributed by atoms with E-state index >= 15 is 0 Å². The maximum Gasteiger partial charge on any atom is 0.304 e. The van der Waals surface area contributed by atoms with E-state index in [1.165, 1.54) is 0 Å². The molecule has 3 rings (SSSR count). The molecule has 0 aliphatic carbocycles. The fourth-order valence-corrected chi connectivity index (χ4v) is 2.71. The molecular weight excluding hydrogens is 280 g/mol. The van der Waals surface area contributed by atoms with Crippen LogP contribution in [0.4, 0.5) is 0 Å². The van der Waals surface area contributed by atoms with E-state index in [0.29, 0.717) is 5.75 Å². The lowest BCUT2D eigenvalue weighted by molar-refractivity contribution is -0.137. The minimum Gasteiger partial charge on any atom is -0.496 e. The molecule has 0 amide bonds. The van der Waals surface area contributed by atoms with Crippen molar-refractivity contribution < 1.29 is 14.6 Å². The van der Waals surface area contributed by atoms with Crippen molar-refractivity contribution in [2.24, 2.45) is 0 Å². The second-order valence-corrected chi connectivity index (χ2v) is 5.00. The number of hydrogen-bond donors (Lipinski definition) is 1. The number of carboxylic acids is 1. The fraction of sp³-hybridized carbons (Fsp3) is 0.176. The number of imidazole rings is 1. The third-order valence-corrected chi connectivity index (χ3v) is 3.70. The highest BCUT2D eigenvalue weighted by Gasteiger charge is 2.24. The number of nitrogens with zero attached hydrogens (tertiary/aromatic N) is 2. The molecule has 1 aromatic carbocycles. The van der Waals surface area contributed by atoms with E-state index in [1.807, 2.05) is 53.1 Å². The van der Waals surface area contributed by atoms with Crippen LogP contribution >= 0.6 is 0 Å². The summed E-state index contributed by atoms with van der Waals surface area (Å²) in [6.45, 7) is 0. The first-order chi connectivity index (χ1) is 10.7. The Kier molecular flexibility index (Phi) is 3.78. The number of rotatable bonds is 5. The van der Waals surface area contributed by atoms with Gasteiger partial charge < -0.3 is 14.2 Å². The van der Waals surface area contributed by atoms with Crippen molar-refractivity contribution in [3.8, 4) is 5.75 Å². The molecule has 0 aliphatic heterocycles. The lowest BCUT2D eigenvalue weighted by Crippen LogP contribution is -2.11. The Morgan fingerprint density at radius 1 is 1.27 bits per heavy atom. The van der Waals surface area contributed by atoms with Gasteiger partial charge in [-0.3, -0.25) is 4.79 Å². The van der Waals surface area contributed by atoms with E-state index < -0.39 is 5.97 Å². The number of aromatic nitrogens is 2. The fourth-order valence-electron chi connectivity index (χ4n) is 2.71. The minimum absolute atomic E-state index is 0.0247. The number of fused-ring (bicyclic) bond motifs is 1. The van der Waals surface area contributed by atoms with Gasteiger partial charge in [0, 0.05) is 23.9 Å². The van der Waals surface area contributed by atoms with Crippen LogP contribution in [0, 0.1) is 0 Å². The zero-order valence-corrected chi connectivity index (χ0v) is 12.1. The Hall–Kier alpha value is -2.82. The van der Waals surface area contributed by atoms with E-state index in [2.05, 4.69) is 4.98 Å². The summed E-state index contributed by atoms with van der Waals surface area (Å²) in [6.07, 6.45) is 3.60. The van der Waals surface area contributed by atoms with Crippen LogP contribution in [0.3, 0.4) is 0 Å². The summed E-state index contributed by atoms with van der Waals surface area (Å²) in [4.78, 5) is 15.7. The van der Waals surface area contributed by atoms with E-state index in [1.54, 1.807) is 13.3 Å². The Morgan fingerprint density at radius 2 is 2.05 bits per heavy atom. The number of carboxylic acid groups (broad SMARTS) is 1. The molecular formula is C17H16N2O3. The standard InChI is InChI=1S/C17H16N2O3/c1-22-15-7-3-2-6-12(15)13(10-17(20)21)14-11-18-16-8-4-5-9-19(14)16/h2-9,11,13H,10H2,1H3,(H,20,21). The molecule has 5 heteroatoms. The Morgan fingerprint density at radius 3 is 2.82 bits per heavy atom. The zero-order valence-electron chi connectivity index (χ0n) is 12.1. The Labute approximate surface area is 127 Å². The van der Waals surface area contributed by atoms with Gasteiger partial charge >= 0.3 is 5.97 Å². The molecule has 2 aromatic heterocycles. The highest BCUT2D eigenvalue weighted by Crippen LogP contribution is 2.34. The van der Waals surface area contributed by atoms with Crippen LogP contribution in [0.25, 0.3) is 5.65 Å². The number of carbonyl (C=O) groups is 1. The number of pyridine rings is 1. The molecule has 0 saturated heterocycles. The van der Waals surface area contributed by atoms with Crippen LogP contribution in [-0.2, 0) is 4.79 Å². The predicted octanol–water partition coefficient (Wildman–Crippen LogP) is 2.95. The number of para-hydroxylation sites is 1. The van der Waals surface area contributed by atoms with Crippen LogP contribution in [0.2, 0.25) is 0 Å². The summed E-state index contributed by atoms with van der Waals surface area (Å²) in [5.74, 6) is -0.507. The average Bonchev–Trinajstić information content (AvgIpc) is 2.96. The molecule has 1 N–H and O–H groups in total. The molecule has 0 fully saturated rings. The van der Waals surface area contributed by atoms with Gasteiger partial charge in [-0.05, 0) is 18.2 Å². The lowest BCUT2D eigenvalue weighted by Gasteiger charge is -2.18. The summed E-state index contributed by atoms with van der Waals surface area (Å²) >= 11 is 0. The summed E-state index contributed by atoms with van der Waals surface area (Å²) in [6, 6.07) is 13.2. The van der Waals surface area contributed by atoms with Crippen molar-refractivity contribution in [1.29, 1.82) is 0 Å². The van der Waals surface area contributed by atoms with Crippen molar-refractivity contribution in [3.05, 3.63) is 66.1 Å². The molecule has 22 heavy (non-hydrogen) atoms. The lowest BCUT2D eigenvalue weighted by atomic mass is 9.92. The van der Waals surface area contributed by atoms with Crippen LogP contribution < -0.4 is 4.74 Å². The van der Waals surface area contributed by atoms with Gasteiger partial charge in [-0.1, -0.05) is 24.3 Å². The van der Waals surface area contributed by atoms with Crippen LogP contribution in [0.1, 0.15) is 23.6 Å². The molecule has 0 aliphatic rings. The van der Waals surface area contributed by atoms with Gasteiger partial charge in [0.05, 0.1) is 19.2 Å². The van der Waals surface area contributed by atoms with Gasteiger partial charge in [0.2, 0.25) is 0 Å².